The van der Waals surface area contributed by atoms with Crippen LogP contribution in [-0.4, -0.2) is 18.2 Å². The predicted octanol–water partition coefficient (Wildman–Crippen LogP) is 3.81. The Hall–Kier alpha value is -1.55. The molecule has 19 heavy (non-hydrogen) atoms. The Morgan fingerprint density at radius 1 is 1.32 bits per heavy atom. The highest BCUT2D eigenvalue weighted by Gasteiger charge is 2.45. The van der Waals surface area contributed by atoms with Gasteiger partial charge in [-0.1, -0.05) is 18.9 Å². The van der Waals surface area contributed by atoms with Crippen LogP contribution in [0.4, 0.5) is 0 Å². The topological polar surface area (TPSA) is 46.5 Å². The summed E-state index contributed by atoms with van der Waals surface area (Å²) in [6, 6.07) is 5.96. The lowest BCUT2D eigenvalue weighted by Gasteiger charge is -2.26. The van der Waals surface area contributed by atoms with Gasteiger partial charge in [0.15, 0.2) is 0 Å². The molecule has 0 spiro atoms. The summed E-state index contributed by atoms with van der Waals surface area (Å²) >= 11 is 1.65. The van der Waals surface area contributed by atoms with Gasteiger partial charge in [0, 0.05) is 15.6 Å². The number of rotatable bonds is 3. The van der Waals surface area contributed by atoms with E-state index in [2.05, 4.69) is 0 Å². The molecular weight excluding hydrogens is 260 g/mol. The van der Waals surface area contributed by atoms with Gasteiger partial charge in [-0.25, -0.2) is 0 Å². The van der Waals surface area contributed by atoms with Gasteiger partial charge in [-0.2, -0.15) is 0 Å². The minimum Gasteiger partial charge on any atom is -0.496 e. The van der Waals surface area contributed by atoms with Gasteiger partial charge in [0.1, 0.15) is 5.75 Å². The molecule has 0 unspecified atom stereocenters. The van der Waals surface area contributed by atoms with E-state index in [4.69, 9.17) is 4.74 Å². The molecule has 0 saturated heterocycles. The van der Waals surface area contributed by atoms with Crippen molar-refractivity contribution in [2.45, 2.75) is 31.1 Å². The molecule has 100 valence electrons. The third-order valence-electron chi connectivity index (χ3n) is 4.17. The van der Waals surface area contributed by atoms with Gasteiger partial charge in [-0.05, 0) is 30.4 Å². The van der Waals surface area contributed by atoms with Crippen molar-refractivity contribution in [3.63, 3.8) is 0 Å². The highest BCUT2D eigenvalue weighted by atomic mass is 32.1. The molecule has 1 aliphatic rings. The van der Waals surface area contributed by atoms with Gasteiger partial charge >= 0.3 is 5.97 Å². The standard InChI is InChI=1S/C15H16O3S/c1-18-13-10-6-9-19-12(10)5-4-11(13)15(14(16)17)7-2-3-8-15/h4-6,9H,2-3,7-8H2,1H3,(H,16,17). The van der Waals surface area contributed by atoms with E-state index in [0.29, 0.717) is 12.8 Å². The lowest BCUT2D eigenvalue weighted by Crippen LogP contribution is -2.33. The average Bonchev–Trinajstić information content (AvgIpc) is 3.06. The summed E-state index contributed by atoms with van der Waals surface area (Å²) in [4.78, 5) is 11.8. The van der Waals surface area contributed by atoms with Gasteiger partial charge in [-0.15, -0.1) is 11.3 Å². The highest BCUT2D eigenvalue weighted by molar-refractivity contribution is 7.17. The minimum absolute atomic E-state index is 0.703. The van der Waals surface area contributed by atoms with Crippen molar-refractivity contribution in [2.75, 3.05) is 7.11 Å². The number of methoxy groups -OCH3 is 1. The van der Waals surface area contributed by atoms with Crippen LogP contribution in [0.3, 0.4) is 0 Å². The van der Waals surface area contributed by atoms with E-state index in [1.165, 1.54) is 0 Å². The number of hydrogen-bond acceptors (Lipinski definition) is 3. The third-order valence-corrected chi connectivity index (χ3v) is 5.05. The number of carboxylic acids is 1. The second kappa shape index (κ2) is 4.53. The number of thiophene rings is 1. The number of aliphatic carboxylic acids is 1. The first-order valence-corrected chi connectivity index (χ1v) is 7.35. The number of fused-ring (bicyclic) bond motifs is 1. The van der Waals surface area contributed by atoms with Crippen LogP contribution < -0.4 is 4.74 Å². The van der Waals surface area contributed by atoms with Gasteiger partial charge < -0.3 is 9.84 Å². The van der Waals surface area contributed by atoms with Crippen LogP contribution in [0.1, 0.15) is 31.2 Å². The van der Waals surface area contributed by atoms with Crippen molar-refractivity contribution >= 4 is 27.4 Å². The van der Waals surface area contributed by atoms with Crippen molar-refractivity contribution in [2.24, 2.45) is 0 Å². The molecule has 2 aromatic rings. The summed E-state index contributed by atoms with van der Waals surface area (Å²) in [6.45, 7) is 0. The molecule has 0 bridgehead atoms. The van der Waals surface area contributed by atoms with Crippen LogP contribution in [0.25, 0.3) is 10.1 Å². The maximum atomic E-state index is 11.8. The Balaban J connectivity index is 2.26. The Kier molecular flexibility index (Phi) is 2.97. The first-order valence-electron chi connectivity index (χ1n) is 6.47. The molecule has 3 nitrogen and oxygen atoms in total. The van der Waals surface area contributed by atoms with E-state index in [9.17, 15) is 9.90 Å². The second-order valence-electron chi connectivity index (χ2n) is 5.07. The molecule has 3 rings (SSSR count). The number of carboxylic acid groups (broad SMARTS) is 1. The SMILES string of the molecule is COc1c(C2(C(=O)O)CCCC2)ccc2sccc12. The van der Waals surface area contributed by atoms with Crippen molar-refractivity contribution in [1.82, 2.24) is 0 Å². The zero-order chi connectivity index (χ0) is 13.5. The van der Waals surface area contributed by atoms with Crippen LogP contribution in [0, 0.1) is 0 Å². The van der Waals surface area contributed by atoms with Crippen LogP contribution >= 0.6 is 11.3 Å². The summed E-state index contributed by atoms with van der Waals surface area (Å²) < 4.78 is 6.69. The molecule has 0 atom stereocenters. The number of carbonyl (C=O) groups is 1. The minimum atomic E-state index is -0.762. The van der Waals surface area contributed by atoms with E-state index in [-0.39, 0.29) is 0 Å². The molecule has 1 aliphatic carbocycles. The van der Waals surface area contributed by atoms with Crippen LogP contribution in [0.15, 0.2) is 23.6 Å². The Morgan fingerprint density at radius 3 is 2.68 bits per heavy atom. The summed E-state index contributed by atoms with van der Waals surface area (Å²) in [5.74, 6) is 0.0147. The predicted molar refractivity (Wildman–Crippen MR) is 76.2 cm³/mol. The summed E-state index contributed by atoms with van der Waals surface area (Å²) in [7, 11) is 1.63. The maximum Gasteiger partial charge on any atom is 0.314 e. The highest BCUT2D eigenvalue weighted by Crippen LogP contribution is 2.47. The van der Waals surface area contributed by atoms with Gasteiger partial charge in [-0.3, -0.25) is 4.79 Å². The first-order chi connectivity index (χ1) is 9.19. The Labute approximate surface area is 115 Å². The molecular formula is C15H16O3S. The number of hydrogen-bond donors (Lipinski definition) is 1. The van der Waals surface area contributed by atoms with Crippen LogP contribution in [-0.2, 0) is 10.2 Å². The lowest BCUT2D eigenvalue weighted by molar-refractivity contribution is -0.143. The van der Waals surface area contributed by atoms with E-state index in [0.717, 1.165) is 34.2 Å². The molecule has 1 heterocycles. The fourth-order valence-electron chi connectivity index (χ4n) is 3.19. The summed E-state index contributed by atoms with van der Waals surface area (Å²) in [5, 5.41) is 12.7. The largest absolute Gasteiger partial charge is 0.496 e. The second-order valence-corrected chi connectivity index (χ2v) is 6.02. The monoisotopic (exact) mass is 276 g/mol. The number of ether oxygens (including phenoxy) is 1. The van der Waals surface area contributed by atoms with E-state index < -0.39 is 11.4 Å². The molecule has 1 fully saturated rings. The van der Waals surface area contributed by atoms with Crippen molar-refractivity contribution in [3.05, 3.63) is 29.1 Å². The Morgan fingerprint density at radius 2 is 2.05 bits per heavy atom. The normalized spacial score (nSPS) is 17.7. The molecule has 0 aliphatic heterocycles. The molecule has 0 amide bonds. The third kappa shape index (κ3) is 1.74. The smallest absolute Gasteiger partial charge is 0.314 e. The summed E-state index contributed by atoms with van der Waals surface area (Å²) in [6.07, 6.45) is 3.34. The molecule has 1 saturated carbocycles. The maximum absolute atomic E-state index is 11.8. The van der Waals surface area contributed by atoms with Gasteiger partial charge in [0.25, 0.3) is 0 Å². The van der Waals surface area contributed by atoms with E-state index in [1.54, 1.807) is 18.4 Å². The zero-order valence-corrected chi connectivity index (χ0v) is 11.6. The zero-order valence-electron chi connectivity index (χ0n) is 10.8. The van der Waals surface area contributed by atoms with Crippen molar-refractivity contribution < 1.29 is 14.6 Å². The molecule has 1 N–H and O–H groups in total. The summed E-state index contributed by atoms with van der Waals surface area (Å²) in [5.41, 5.74) is 0.0764. The van der Waals surface area contributed by atoms with Gasteiger partial charge in [0.05, 0.1) is 12.5 Å². The van der Waals surface area contributed by atoms with Gasteiger partial charge in [0.2, 0.25) is 0 Å². The lowest BCUT2D eigenvalue weighted by atomic mass is 9.78. The fourth-order valence-corrected chi connectivity index (χ4v) is 3.98. The van der Waals surface area contributed by atoms with E-state index >= 15 is 0 Å². The van der Waals surface area contributed by atoms with Crippen molar-refractivity contribution in [1.29, 1.82) is 0 Å². The van der Waals surface area contributed by atoms with Crippen LogP contribution in [0.2, 0.25) is 0 Å². The molecule has 0 radical (unpaired) electrons. The Bertz CT molecular complexity index is 623. The first kappa shape index (κ1) is 12.5. The van der Waals surface area contributed by atoms with Crippen molar-refractivity contribution in [3.8, 4) is 5.75 Å². The molecule has 1 aromatic carbocycles. The average molecular weight is 276 g/mol. The van der Waals surface area contributed by atoms with E-state index in [1.807, 2.05) is 23.6 Å². The number of benzene rings is 1. The molecule has 4 heteroatoms. The quantitative estimate of drug-likeness (QED) is 0.927. The van der Waals surface area contributed by atoms with Crippen LogP contribution in [0.5, 0.6) is 5.75 Å². The molecule has 1 aromatic heterocycles. The fraction of sp³-hybridized carbons (Fsp3) is 0.400.